The fourth-order valence-electron chi connectivity index (χ4n) is 2.07. The molecule has 2 amide bonds. The van der Waals surface area contributed by atoms with E-state index in [0.29, 0.717) is 17.5 Å². The maximum Gasteiger partial charge on any atom is 0.303 e. The lowest BCUT2D eigenvalue weighted by atomic mass is 10.1. The van der Waals surface area contributed by atoms with Crippen molar-refractivity contribution in [3.8, 4) is 0 Å². The quantitative estimate of drug-likeness (QED) is 0.805. The summed E-state index contributed by atoms with van der Waals surface area (Å²) in [5, 5.41) is 8.61. The Labute approximate surface area is 110 Å². The van der Waals surface area contributed by atoms with Crippen LogP contribution < -0.4 is 0 Å². The molecule has 2 heterocycles. The van der Waals surface area contributed by atoms with E-state index >= 15 is 0 Å². The van der Waals surface area contributed by atoms with Gasteiger partial charge in [0.1, 0.15) is 0 Å². The summed E-state index contributed by atoms with van der Waals surface area (Å²) in [6, 6.07) is 1.53. The van der Waals surface area contributed by atoms with Crippen LogP contribution in [0.4, 0.5) is 0 Å². The van der Waals surface area contributed by atoms with E-state index in [-0.39, 0.29) is 30.7 Å². The molecule has 1 aromatic heterocycles. The van der Waals surface area contributed by atoms with Crippen molar-refractivity contribution in [3.63, 3.8) is 0 Å². The first-order chi connectivity index (χ1) is 9.00. The van der Waals surface area contributed by atoms with Crippen LogP contribution in [0.5, 0.6) is 0 Å². The number of aromatic nitrogens is 1. The van der Waals surface area contributed by atoms with Gasteiger partial charge in [-0.05, 0) is 18.4 Å². The van der Waals surface area contributed by atoms with Crippen molar-refractivity contribution in [1.82, 2.24) is 9.88 Å². The number of amides is 2. The first-order valence-corrected chi connectivity index (χ1v) is 6.02. The molecule has 0 fully saturated rings. The van der Waals surface area contributed by atoms with Crippen molar-refractivity contribution in [3.05, 3.63) is 29.6 Å². The highest BCUT2D eigenvalue weighted by Crippen LogP contribution is 2.23. The molecule has 1 atom stereocenters. The number of fused-ring (bicyclic) bond motifs is 1. The normalized spacial score (nSPS) is 15.5. The van der Waals surface area contributed by atoms with Gasteiger partial charge < -0.3 is 5.11 Å². The zero-order valence-electron chi connectivity index (χ0n) is 10.5. The summed E-state index contributed by atoms with van der Waals surface area (Å²) < 4.78 is 0. The fraction of sp³-hybridized carbons (Fsp3) is 0.385. The van der Waals surface area contributed by atoms with E-state index in [9.17, 15) is 14.4 Å². The number of pyridine rings is 1. The van der Waals surface area contributed by atoms with E-state index in [1.807, 2.05) is 6.92 Å². The van der Waals surface area contributed by atoms with Crippen molar-refractivity contribution >= 4 is 17.8 Å². The molecule has 1 aromatic rings. The van der Waals surface area contributed by atoms with Crippen molar-refractivity contribution in [2.24, 2.45) is 5.92 Å². The summed E-state index contributed by atoms with van der Waals surface area (Å²) >= 11 is 0. The lowest BCUT2D eigenvalue weighted by Crippen LogP contribution is -2.34. The molecule has 0 spiro atoms. The molecule has 0 aliphatic carbocycles. The average molecular weight is 262 g/mol. The largest absolute Gasteiger partial charge is 0.481 e. The third kappa shape index (κ3) is 2.62. The zero-order valence-corrected chi connectivity index (χ0v) is 10.5. The van der Waals surface area contributed by atoms with Gasteiger partial charge in [0, 0.05) is 25.4 Å². The van der Waals surface area contributed by atoms with Crippen molar-refractivity contribution in [2.75, 3.05) is 6.54 Å². The molecule has 19 heavy (non-hydrogen) atoms. The Bertz CT molecular complexity index is 506. The minimum absolute atomic E-state index is 0.0336. The van der Waals surface area contributed by atoms with E-state index in [2.05, 4.69) is 4.98 Å². The van der Waals surface area contributed by atoms with Crippen LogP contribution in [0.25, 0.3) is 0 Å². The Morgan fingerprint density at radius 2 is 2.05 bits per heavy atom. The summed E-state index contributed by atoms with van der Waals surface area (Å²) in [6.45, 7) is 2.06. The number of hydrogen-bond acceptors (Lipinski definition) is 4. The van der Waals surface area contributed by atoms with E-state index in [4.69, 9.17) is 5.11 Å². The smallest absolute Gasteiger partial charge is 0.303 e. The molecule has 6 heteroatoms. The van der Waals surface area contributed by atoms with Gasteiger partial charge in [-0.25, -0.2) is 0 Å². The molecule has 0 saturated heterocycles. The van der Waals surface area contributed by atoms with Crippen LogP contribution in [0.1, 0.15) is 40.5 Å². The number of imide groups is 1. The van der Waals surface area contributed by atoms with Gasteiger partial charge in [0.05, 0.1) is 11.1 Å². The topological polar surface area (TPSA) is 87.6 Å². The highest BCUT2D eigenvalue weighted by Gasteiger charge is 2.36. The van der Waals surface area contributed by atoms with Gasteiger partial charge in [-0.3, -0.25) is 24.3 Å². The van der Waals surface area contributed by atoms with Crippen LogP contribution in [0.3, 0.4) is 0 Å². The first kappa shape index (κ1) is 13.2. The monoisotopic (exact) mass is 262 g/mol. The average Bonchev–Trinajstić information content (AvgIpc) is 2.62. The fourth-order valence-corrected chi connectivity index (χ4v) is 2.07. The van der Waals surface area contributed by atoms with Crippen LogP contribution in [0.2, 0.25) is 0 Å². The second kappa shape index (κ2) is 5.17. The minimum atomic E-state index is -0.876. The van der Waals surface area contributed by atoms with Gasteiger partial charge in [0.2, 0.25) is 0 Å². The molecule has 1 unspecified atom stereocenters. The molecule has 6 nitrogen and oxygen atoms in total. The van der Waals surface area contributed by atoms with E-state index in [1.165, 1.54) is 23.4 Å². The van der Waals surface area contributed by atoms with Gasteiger partial charge in [-0.15, -0.1) is 0 Å². The summed E-state index contributed by atoms with van der Waals surface area (Å²) in [6.07, 6.45) is 3.33. The lowest BCUT2D eigenvalue weighted by Gasteiger charge is -2.18. The summed E-state index contributed by atoms with van der Waals surface area (Å²) in [5.74, 6) is -1.61. The molecule has 1 N–H and O–H groups in total. The Hall–Kier alpha value is -2.24. The number of rotatable bonds is 5. The molecule has 1 aliphatic rings. The summed E-state index contributed by atoms with van der Waals surface area (Å²) in [7, 11) is 0. The molecule has 0 aromatic carbocycles. The zero-order chi connectivity index (χ0) is 14.0. The van der Waals surface area contributed by atoms with Crippen molar-refractivity contribution < 1.29 is 19.5 Å². The van der Waals surface area contributed by atoms with Gasteiger partial charge in [0.25, 0.3) is 11.8 Å². The molecule has 2 rings (SSSR count). The Balaban J connectivity index is 2.06. The number of carbonyl (C=O) groups is 3. The van der Waals surface area contributed by atoms with Crippen LogP contribution >= 0.6 is 0 Å². The van der Waals surface area contributed by atoms with Crippen LogP contribution in [0.15, 0.2) is 18.5 Å². The van der Waals surface area contributed by atoms with E-state index < -0.39 is 5.97 Å². The van der Waals surface area contributed by atoms with Gasteiger partial charge in [-0.2, -0.15) is 0 Å². The third-order valence-electron chi connectivity index (χ3n) is 3.12. The predicted molar refractivity (Wildman–Crippen MR) is 65.6 cm³/mol. The minimum Gasteiger partial charge on any atom is -0.481 e. The number of aliphatic carboxylic acids is 1. The van der Waals surface area contributed by atoms with Crippen LogP contribution in [-0.4, -0.2) is 39.3 Å². The van der Waals surface area contributed by atoms with Crippen LogP contribution in [0, 0.1) is 5.92 Å². The molecular weight excluding hydrogens is 248 g/mol. The van der Waals surface area contributed by atoms with E-state index in [1.54, 1.807) is 0 Å². The number of carbonyl (C=O) groups excluding carboxylic acids is 2. The lowest BCUT2D eigenvalue weighted by molar-refractivity contribution is -0.137. The second-order valence-corrected chi connectivity index (χ2v) is 4.68. The number of hydrogen-bond donors (Lipinski definition) is 1. The maximum absolute atomic E-state index is 12.0. The highest BCUT2D eigenvalue weighted by molar-refractivity contribution is 6.21. The van der Waals surface area contributed by atoms with Crippen LogP contribution in [-0.2, 0) is 4.79 Å². The Morgan fingerprint density at radius 3 is 2.68 bits per heavy atom. The summed E-state index contributed by atoms with van der Waals surface area (Å²) in [5.41, 5.74) is 0.684. The number of carboxylic acid groups (broad SMARTS) is 1. The first-order valence-electron chi connectivity index (χ1n) is 6.02. The predicted octanol–water partition coefficient (Wildman–Crippen LogP) is 1.18. The molecule has 0 saturated carbocycles. The van der Waals surface area contributed by atoms with Gasteiger partial charge >= 0.3 is 5.97 Å². The molecule has 1 aliphatic heterocycles. The third-order valence-corrected chi connectivity index (χ3v) is 3.12. The SMILES string of the molecule is CC(CCC(=O)O)CN1C(=O)c2ccncc2C1=O. The molecule has 0 radical (unpaired) electrons. The highest BCUT2D eigenvalue weighted by atomic mass is 16.4. The molecule has 100 valence electrons. The van der Waals surface area contributed by atoms with Gasteiger partial charge in [-0.1, -0.05) is 6.92 Å². The Kier molecular flexibility index (Phi) is 3.59. The number of nitrogens with zero attached hydrogens (tertiary/aromatic N) is 2. The van der Waals surface area contributed by atoms with Gasteiger partial charge in [0.15, 0.2) is 0 Å². The second-order valence-electron chi connectivity index (χ2n) is 4.68. The number of carboxylic acids is 1. The molecular formula is C13H14N2O4. The van der Waals surface area contributed by atoms with Crippen molar-refractivity contribution in [1.29, 1.82) is 0 Å². The molecule has 0 bridgehead atoms. The Morgan fingerprint density at radius 1 is 1.37 bits per heavy atom. The summed E-state index contributed by atoms with van der Waals surface area (Å²) in [4.78, 5) is 39.6. The maximum atomic E-state index is 12.0. The van der Waals surface area contributed by atoms with E-state index in [0.717, 1.165) is 0 Å². The standard InChI is InChI=1S/C13H14N2O4/c1-8(2-3-11(16)17)7-15-12(18)9-4-5-14-6-10(9)13(15)19/h4-6,8H,2-3,7H2,1H3,(H,16,17). The van der Waals surface area contributed by atoms with Crippen molar-refractivity contribution in [2.45, 2.75) is 19.8 Å².